The van der Waals surface area contributed by atoms with Crippen molar-refractivity contribution in [1.29, 1.82) is 0 Å². The van der Waals surface area contributed by atoms with Crippen LogP contribution in [0.1, 0.15) is 20.7 Å². The molecule has 3 rings (SSSR count). The van der Waals surface area contributed by atoms with Crippen molar-refractivity contribution in [2.45, 2.75) is 0 Å². The molecule has 0 atom stereocenters. The van der Waals surface area contributed by atoms with E-state index in [0.29, 0.717) is 16.2 Å². The summed E-state index contributed by atoms with van der Waals surface area (Å²) < 4.78 is 10.3. The molecule has 0 saturated carbocycles. The number of halogens is 3. The van der Waals surface area contributed by atoms with Gasteiger partial charge < -0.3 is 19.9 Å². The first-order chi connectivity index (χ1) is 14.3. The van der Waals surface area contributed by atoms with Crippen LogP contribution in [0.2, 0.25) is 15.1 Å². The fourth-order valence-electron chi connectivity index (χ4n) is 2.79. The average Bonchev–Trinajstić information content (AvgIpc) is 3.11. The fourth-order valence-corrected chi connectivity index (χ4v) is 4.87. The molecule has 0 radical (unpaired) electrons. The number of carboxylic acids is 1. The quantitative estimate of drug-likeness (QED) is 0.424. The molecule has 1 aromatic heterocycles. The van der Waals surface area contributed by atoms with Gasteiger partial charge in [-0.1, -0.05) is 46.9 Å². The highest BCUT2D eigenvalue weighted by Gasteiger charge is 2.25. The molecule has 0 spiro atoms. The minimum absolute atomic E-state index is 0.00317. The van der Waals surface area contributed by atoms with Crippen LogP contribution in [0.5, 0.6) is 11.5 Å². The van der Waals surface area contributed by atoms with Crippen LogP contribution in [0.25, 0.3) is 10.4 Å². The van der Waals surface area contributed by atoms with E-state index in [-0.39, 0.29) is 37.6 Å². The molecule has 0 aliphatic heterocycles. The molecule has 0 unspecified atom stereocenters. The van der Waals surface area contributed by atoms with Crippen LogP contribution in [0.3, 0.4) is 0 Å². The summed E-state index contributed by atoms with van der Waals surface area (Å²) in [4.78, 5) is 25.3. The normalized spacial score (nSPS) is 10.6. The molecular weight excluding hydrogens is 473 g/mol. The van der Waals surface area contributed by atoms with Crippen LogP contribution in [0.4, 0.5) is 5.69 Å². The Hall–Kier alpha value is -2.45. The van der Waals surface area contributed by atoms with Gasteiger partial charge in [0.2, 0.25) is 0 Å². The standard InChI is InChI=1S/C20H14Cl3NO5S/c1-28-10-5-3-4-9(6-10)18-15(20(26)27)13(8-30-18)24-19(25)14-11(21)7-12(22)17(29-2)16(14)23/h3-8H,1-2H3,(H,24,25)(H,26,27). The number of nitrogens with one attached hydrogen (secondary N) is 1. The zero-order valence-corrected chi connectivity index (χ0v) is 18.7. The summed E-state index contributed by atoms with van der Waals surface area (Å²) in [6, 6.07) is 8.29. The molecule has 0 bridgehead atoms. The highest BCUT2D eigenvalue weighted by atomic mass is 35.5. The number of carbonyl (C=O) groups is 2. The van der Waals surface area contributed by atoms with Crippen molar-refractivity contribution in [3.8, 4) is 21.9 Å². The van der Waals surface area contributed by atoms with E-state index in [1.165, 1.54) is 37.0 Å². The van der Waals surface area contributed by atoms with E-state index in [4.69, 9.17) is 44.3 Å². The number of amides is 1. The van der Waals surface area contributed by atoms with Crippen LogP contribution >= 0.6 is 46.1 Å². The van der Waals surface area contributed by atoms with E-state index < -0.39 is 11.9 Å². The Morgan fingerprint density at radius 3 is 2.40 bits per heavy atom. The van der Waals surface area contributed by atoms with Crippen molar-refractivity contribution in [3.05, 3.63) is 61.9 Å². The number of anilines is 1. The van der Waals surface area contributed by atoms with Gasteiger partial charge in [-0.3, -0.25) is 4.79 Å². The molecule has 0 aliphatic carbocycles. The molecule has 0 fully saturated rings. The Morgan fingerprint density at radius 2 is 1.77 bits per heavy atom. The predicted molar refractivity (Wildman–Crippen MR) is 119 cm³/mol. The molecule has 30 heavy (non-hydrogen) atoms. The number of rotatable bonds is 6. The average molecular weight is 487 g/mol. The molecule has 10 heteroatoms. The van der Waals surface area contributed by atoms with E-state index in [2.05, 4.69) is 5.32 Å². The summed E-state index contributed by atoms with van der Waals surface area (Å²) in [5.41, 5.74) is 0.609. The monoisotopic (exact) mass is 485 g/mol. The van der Waals surface area contributed by atoms with Crippen molar-refractivity contribution >= 4 is 63.7 Å². The van der Waals surface area contributed by atoms with Crippen LogP contribution in [-0.4, -0.2) is 31.2 Å². The van der Waals surface area contributed by atoms with E-state index in [1.807, 2.05) is 0 Å². The predicted octanol–water partition coefficient (Wildman–Crippen LogP) is 6.34. The maximum Gasteiger partial charge on any atom is 0.339 e. The van der Waals surface area contributed by atoms with Gasteiger partial charge in [0.15, 0.2) is 5.75 Å². The van der Waals surface area contributed by atoms with Gasteiger partial charge in [0.1, 0.15) is 11.3 Å². The summed E-state index contributed by atoms with van der Waals surface area (Å²) >= 11 is 19.6. The second-order valence-electron chi connectivity index (χ2n) is 5.91. The minimum atomic E-state index is -1.20. The van der Waals surface area contributed by atoms with Crippen molar-refractivity contribution in [1.82, 2.24) is 0 Å². The summed E-state index contributed by atoms with van der Waals surface area (Å²) in [5.74, 6) is -1.23. The maximum atomic E-state index is 12.9. The molecule has 1 heterocycles. The van der Waals surface area contributed by atoms with E-state index in [1.54, 1.807) is 24.3 Å². The lowest BCUT2D eigenvalue weighted by Crippen LogP contribution is -2.15. The first-order valence-electron chi connectivity index (χ1n) is 8.30. The second kappa shape index (κ2) is 9.14. The van der Waals surface area contributed by atoms with Gasteiger partial charge in [-0.05, 0) is 23.8 Å². The van der Waals surface area contributed by atoms with Crippen molar-refractivity contribution in [2.24, 2.45) is 0 Å². The number of carbonyl (C=O) groups excluding carboxylic acids is 1. The molecule has 156 valence electrons. The van der Waals surface area contributed by atoms with E-state index in [0.717, 1.165) is 0 Å². The van der Waals surface area contributed by atoms with Gasteiger partial charge in [-0.2, -0.15) is 0 Å². The Labute approximate surface area is 190 Å². The third-order valence-electron chi connectivity index (χ3n) is 4.14. The number of carboxylic acid groups (broad SMARTS) is 1. The molecule has 6 nitrogen and oxygen atoms in total. The highest BCUT2D eigenvalue weighted by Crippen LogP contribution is 2.41. The summed E-state index contributed by atoms with van der Waals surface area (Å²) in [5, 5.41) is 13.9. The molecule has 3 aromatic rings. The van der Waals surface area contributed by atoms with Crippen molar-refractivity contribution in [2.75, 3.05) is 19.5 Å². The Morgan fingerprint density at radius 1 is 1.03 bits per heavy atom. The van der Waals surface area contributed by atoms with Gasteiger partial charge in [-0.25, -0.2) is 4.79 Å². The first-order valence-corrected chi connectivity index (χ1v) is 10.3. The fraction of sp³-hybridized carbons (Fsp3) is 0.100. The Bertz CT molecular complexity index is 1150. The van der Waals surface area contributed by atoms with Crippen LogP contribution in [0, 0.1) is 0 Å². The lowest BCUT2D eigenvalue weighted by Gasteiger charge is -2.13. The first kappa shape index (κ1) is 22.2. The Balaban J connectivity index is 2.03. The van der Waals surface area contributed by atoms with Crippen LogP contribution < -0.4 is 14.8 Å². The molecule has 0 aliphatic rings. The topological polar surface area (TPSA) is 84.9 Å². The lowest BCUT2D eigenvalue weighted by atomic mass is 10.1. The number of benzene rings is 2. The summed E-state index contributed by atoms with van der Waals surface area (Å²) in [6.07, 6.45) is 0. The third kappa shape index (κ3) is 4.20. The van der Waals surface area contributed by atoms with Gasteiger partial charge in [0.25, 0.3) is 5.91 Å². The largest absolute Gasteiger partial charge is 0.497 e. The molecular formula is C20H14Cl3NO5S. The Kier molecular flexibility index (Phi) is 6.77. The highest BCUT2D eigenvalue weighted by molar-refractivity contribution is 7.14. The van der Waals surface area contributed by atoms with Gasteiger partial charge in [0.05, 0.1) is 45.4 Å². The van der Waals surface area contributed by atoms with Crippen LogP contribution in [-0.2, 0) is 0 Å². The van der Waals surface area contributed by atoms with E-state index >= 15 is 0 Å². The minimum Gasteiger partial charge on any atom is -0.497 e. The molecule has 2 N–H and O–H groups in total. The van der Waals surface area contributed by atoms with Crippen LogP contribution in [0.15, 0.2) is 35.7 Å². The van der Waals surface area contributed by atoms with E-state index in [9.17, 15) is 14.7 Å². The zero-order valence-electron chi connectivity index (χ0n) is 15.6. The molecule has 1 amide bonds. The molecule has 0 saturated heterocycles. The van der Waals surface area contributed by atoms with Gasteiger partial charge >= 0.3 is 5.97 Å². The third-order valence-corrected chi connectivity index (χ3v) is 6.11. The number of hydrogen-bond donors (Lipinski definition) is 2. The van der Waals surface area contributed by atoms with Gasteiger partial charge in [-0.15, -0.1) is 11.3 Å². The van der Waals surface area contributed by atoms with Gasteiger partial charge in [0, 0.05) is 5.38 Å². The number of aromatic carboxylic acids is 1. The zero-order chi connectivity index (χ0) is 22.0. The number of hydrogen-bond acceptors (Lipinski definition) is 5. The maximum absolute atomic E-state index is 12.9. The van der Waals surface area contributed by atoms with Crippen molar-refractivity contribution < 1.29 is 24.2 Å². The smallest absolute Gasteiger partial charge is 0.339 e. The summed E-state index contributed by atoms with van der Waals surface area (Å²) in [7, 11) is 2.87. The van der Waals surface area contributed by atoms with Crippen molar-refractivity contribution in [3.63, 3.8) is 0 Å². The number of ether oxygens (including phenoxy) is 2. The SMILES string of the molecule is COc1cccc(-c2scc(NC(=O)c3c(Cl)cc(Cl)c(OC)c3Cl)c2C(=O)O)c1. The molecule has 2 aromatic carbocycles. The number of methoxy groups -OCH3 is 2. The second-order valence-corrected chi connectivity index (χ2v) is 7.98. The summed E-state index contributed by atoms with van der Waals surface area (Å²) in [6.45, 7) is 0. The number of thiophene rings is 1. The lowest BCUT2D eigenvalue weighted by molar-refractivity contribution is 0.0699.